The highest BCUT2D eigenvalue weighted by molar-refractivity contribution is 8.13. The van der Waals surface area contributed by atoms with Crippen LogP contribution in [0.1, 0.15) is 0 Å². The normalized spacial score (nSPS) is 12.2. The maximum Gasteiger partial charge on any atom is 0.306 e. The summed E-state index contributed by atoms with van der Waals surface area (Å²) < 4.78 is 53.4. The van der Waals surface area contributed by atoms with Crippen LogP contribution in [0.4, 0.5) is 0 Å². The van der Waals surface area contributed by atoms with Crippen LogP contribution in [-0.4, -0.2) is 30.2 Å². The molecule has 0 radical (unpaired) electrons. The van der Waals surface area contributed by atoms with Crippen LogP contribution < -0.4 is 8.92 Å². The van der Waals surface area contributed by atoms with Gasteiger partial charge in [0.2, 0.25) is 0 Å². The molecular formula is C8H9ClO6S2. The van der Waals surface area contributed by atoms with Crippen molar-refractivity contribution in [3.05, 3.63) is 18.2 Å². The van der Waals surface area contributed by atoms with Gasteiger partial charge in [0.1, 0.15) is 0 Å². The van der Waals surface area contributed by atoms with E-state index in [0.717, 1.165) is 24.5 Å². The molecule has 0 saturated carbocycles. The van der Waals surface area contributed by atoms with Crippen molar-refractivity contribution in [1.29, 1.82) is 0 Å². The van der Waals surface area contributed by atoms with Crippen molar-refractivity contribution in [2.45, 2.75) is 4.90 Å². The molecule has 1 aromatic rings. The molecule has 0 aliphatic rings. The van der Waals surface area contributed by atoms with Crippen LogP contribution in [-0.2, 0) is 19.2 Å². The Kier molecular flexibility index (Phi) is 3.90. The van der Waals surface area contributed by atoms with E-state index in [4.69, 9.17) is 15.4 Å². The van der Waals surface area contributed by atoms with Crippen molar-refractivity contribution in [2.24, 2.45) is 0 Å². The highest BCUT2D eigenvalue weighted by Gasteiger charge is 2.16. The minimum atomic E-state index is -3.91. The fourth-order valence-electron chi connectivity index (χ4n) is 1.03. The fraction of sp³-hybridized carbons (Fsp3) is 0.250. The van der Waals surface area contributed by atoms with Gasteiger partial charge >= 0.3 is 10.1 Å². The van der Waals surface area contributed by atoms with E-state index in [9.17, 15) is 16.8 Å². The first-order valence-corrected chi connectivity index (χ1v) is 8.28. The molecule has 0 heterocycles. The van der Waals surface area contributed by atoms with E-state index in [1.165, 1.54) is 7.11 Å². The average Bonchev–Trinajstić information content (AvgIpc) is 2.14. The van der Waals surface area contributed by atoms with E-state index in [1.807, 2.05) is 0 Å². The monoisotopic (exact) mass is 300 g/mol. The van der Waals surface area contributed by atoms with Gasteiger partial charge in [0.25, 0.3) is 9.05 Å². The standard InChI is InChI=1S/C8H9ClO6S2/c1-14-8-5-6(17(9,12)13)3-4-7(8)15-16(2,10)11/h3-5H,1-2H3. The van der Waals surface area contributed by atoms with E-state index in [0.29, 0.717) is 0 Å². The number of hydrogen-bond acceptors (Lipinski definition) is 6. The molecule has 0 aliphatic heterocycles. The van der Waals surface area contributed by atoms with Gasteiger partial charge in [0.05, 0.1) is 18.3 Å². The molecule has 1 aromatic carbocycles. The summed E-state index contributed by atoms with van der Waals surface area (Å²) >= 11 is 0. The van der Waals surface area contributed by atoms with Gasteiger partial charge in [-0.1, -0.05) is 0 Å². The molecule has 0 bridgehead atoms. The second-order valence-corrected chi connectivity index (χ2v) is 7.18. The summed E-state index contributed by atoms with van der Waals surface area (Å²) in [4.78, 5) is -0.211. The molecule has 0 N–H and O–H groups in total. The molecule has 17 heavy (non-hydrogen) atoms. The number of halogens is 1. The fourth-order valence-corrected chi connectivity index (χ4v) is 2.26. The zero-order valence-electron chi connectivity index (χ0n) is 8.88. The molecule has 0 atom stereocenters. The SMILES string of the molecule is COc1cc(S(=O)(=O)Cl)ccc1OS(C)(=O)=O. The van der Waals surface area contributed by atoms with Crippen LogP contribution in [0.2, 0.25) is 0 Å². The summed E-state index contributed by atoms with van der Waals surface area (Å²) in [5.41, 5.74) is 0. The van der Waals surface area contributed by atoms with Gasteiger partial charge < -0.3 is 8.92 Å². The van der Waals surface area contributed by atoms with Crippen molar-refractivity contribution in [2.75, 3.05) is 13.4 Å². The van der Waals surface area contributed by atoms with Crippen LogP contribution in [0.15, 0.2) is 23.1 Å². The number of ether oxygens (including phenoxy) is 1. The van der Waals surface area contributed by atoms with E-state index in [-0.39, 0.29) is 16.4 Å². The van der Waals surface area contributed by atoms with Gasteiger partial charge in [-0.3, -0.25) is 0 Å². The van der Waals surface area contributed by atoms with Crippen LogP contribution in [0.5, 0.6) is 11.5 Å². The Morgan fingerprint density at radius 1 is 1.12 bits per heavy atom. The summed E-state index contributed by atoms with van der Waals surface area (Å²) in [6.07, 6.45) is 0.860. The van der Waals surface area contributed by atoms with Gasteiger partial charge in [-0.2, -0.15) is 8.42 Å². The van der Waals surface area contributed by atoms with Gasteiger partial charge in [-0.05, 0) is 12.1 Å². The topological polar surface area (TPSA) is 86.7 Å². The maximum atomic E-state index is 11.0. The highest BCUT2D eigenvalue weighted by atomic mass is 35.7. The third kappa shape index (κ3) is 4.06. The van der Waals surface area contributed by atoms with E-state index in [1.54, 1.807) is 0 Å². The Labute approximate surface area is 104 Å². The summed E-state index contributed by atoms with van der Waals surface area (Å²) in [5.74, 6) is -0.156. The van der Waals surface area contributed by atoms with Crippen molar-refractivity contribution < 1.29 is 25.8 Å². The minimum absolute atomic E-state index is 0.0443. The molecule has 9 heteroatoms. The molecule has 1 rings (SSSR count). The molecular weight excluding hydrogens is 292 g/mol. The van der Waals surface area contributed by atoms with Crippen molar-refractivity contribution in [1.82, 2.24) is 0 Å². The Balaban J connectivity index is 3.29. The maximum absolute atomic E-state index is 11.0. The first kappa shape index (κ1) is 14.1. The zero-order valence-corrected chi connectivity index (χ0v) is 11.3. The molecule has 0 saturated heterocycles. The largest absolute Gasteiger partial charge is 0.493 e. The Bertz CT molecular complexity index is 619. The first-order valence-electron chi connectivity index (χ1n) is 4.15. The number of hydrogen-bond donors (Lipinski definition) is 0. The predicted molar refractivity (Wildman–Crippen MR) is 61.5 cm³/mol. The van der Waals surface area contributed by atoms with Gasteiger partial charge in [0.15, 0.2) is 11.5 Å². The van der Waals surface area contributed by atoms with E-state index in [2.05, 4.69) is 4.18 Å². The molecule has 0 fully saturated rings. The molecule has 6 nitrogen and oxygen atoms in total. The second-order valence-electron chi connectivity index (χ2n) is 3.04. The molecule has 0 spiro atoms. The van der Waals surface area contributed by atoms with Gasteiger partial charge in [-0.15, -0.1) is 0 Å². The summed E-state index contributed by atoms with van der Waals surface area (Å²) in [5, 5.41) is 0. The number of methoxy groups -OCH3 is 1. The smallest absolute Gasteiger partial charge is 0.306 e. The Morgan fingerprint density at radius 3 is 2.12 bits per heavy atom. The minimum Gasteiger partial charge on any atom is -0.493 e. The highest BCUT2D eigenvalue weighted by Crippen LogP contribution is 2.31. The van der Waals surface area contributed by atoms with E-state index < -0.39 is 19.2 Å². The lowest BCUT2D eigenvalue weighted by Gasteiger charge is -2.09. The van der Waals surface area contributed by atoms with Crippen LogP contribution >= 0.6 is 10.7 Å². The van der Waals surface area contributed by atoms with Crippen LogP contribution in [0.3, 0.4) is 0 Å². The second kappa shape index (κ2) is 4.71. The van der Waals surface area contributed by atoms with Gasteiger partial charge in [0, 0.05) is 16.7 Å². The van der Waals surface area contributed by atoms with Gasteiger partial charge in [-0.25, -0.2) is 8.42 Å². The van der Waals surface area contributed by atoms with Crippen LogP contribution in [0, 0.1) is 0 Å². The molecule has 0 amide bonds. The molecule has 0 aliphatic carbocycles. The van der Waals surface area contributed by atoms with E-state index >= 15 is 0 Å². The summed E-state index contributed by atoms with van der Waals surface area (Å²) in [6.45, 7) is 0. The number of rotatable bonds is 4. The predicted octanol–water partition coefficient (Wildman–Crippen LogP) is 0.961. The lowest BCUT2D eigenvalue weighted by molar-refractivity contribution is 0.390. The average molecular weight is 301 g/mol. The molecule has 0 aromatic heterocycles. The lowest BCUT2D eigenvalue weighted by atomic mass is 10.3. The lowest BCUT2D eigenvalue weighted by Crippen LogP contribution is -2.07. The Hall–Kier alpha value is -0.990. The summed E-state index contributed by atoms with van der Waals surface area (Å²) in [6, 6.07) is 3.34. The Morgan fingerprint density at radius 2 is 1.71 bits per heavy atom. The number of benzene rings is 1. The van der Waals surface area contributed by atoms with Crippen molar-refractivity contribution in [3.63, 3.8) is 0 Å². The third-order valence-corrected chi connectivity index (χ3v) is 3.49. The quantitative estimate of drug-likeness (QED) is 0.608. The first-order chi connectivity index (χ1) is 7.63. The molecule has 0 unspecified atom stereocenters. The third-order valence-electron chi connectivity index (χ3n) is 1.66. The zero-order chi connectivity index (χ0) is 13.3. The van der Waals surface area contributed by atoms with Crippen molar-refractivity contribution >= 4 is 29.9 Å². The molecule has 96 valence electrons. The van der Waals surface area contributed by atoms with Crippen LogP contribution in [0.25, 0.3) is 0 Å². The summed E-state index contributed by atoms with van der Waals surface area (Å²) in [7, 11) is -1.25. The van der Waals surface area contributed by atoms with Crippen molar-refractivity contribution in [3.8, 4) is 11.5 Å².